The van der Waals surface area contributed by atoms with Gasteiger partial charge in [-0.3, -0.25) is 9.79 Å². The molecule has 0 amide bonds. The number of hydrogen-bond acceptors (Lipinski definition) is 2. The quantitative estimate of drug-likeness (QED) is 0.557. The molecular weight excluding hydrogens is 198 g/mol. The molecule has 0 atom stereocenters. The molecule has 16 heavy (non-hydrogen) atoms. The second-order valence-corrected chi connectivity index (χ2v) is 3.73. The largest absolute Gasteiger partial charge is 0.289 e. The molecule has 1 aliphatic heterocycles. The van der Waals surface area contributed by atoms with Crippen molar-refractivity contribution in [2.75, 3.05) is 0 Å². The van der Waals surface area contributed by atoms with E-state index in [1.165, 1.54) is 0 Å². The van der Waals surface area contributed by atoms with Crippen LogP contribution in [0.3, 0.4) is 0 Å². The maximum absolute atomic E-state index is 12.0. The lowest BCUT2D eigenvalue weighted by molar-refractivity contribution is 0.103. The molecule has 1 aromatic rings. The number of carbonyl (C=O) groups excluding carboxylic acids is 1. The number of aliphatic imine (C=N–C) groups is 1. The highest BCUT2D eigenvalue weighted by atomic mass is 16.1. The van der Waals surface area contributed by atoms with E-state index < -0.39 is 0 Å². The van der Waals surface area contributed by atoms with Crippen LogP contribution < -0.4 is 0 Å². The van der Waals surface area contributed by atoms with Crippen molar-refractivity contribution in [2.24, 2.45) is 4.99 Å². The van der Waals surface area contributed by atoms with Gasteiger partial charge in [-0.05, 0) is 18.6 Å². The molecule has 1 aliphatic rings. The van der Waals surface area contributed by atoms with Gasteiger partial charge in [0.1, 0.15) is 0 Å². The fourth-order valence-electron chi connectivity index (χ4n) is 1.60. The van der Waals surface area contributed by atoms with Crippen molar-refractivity contribution in [2.45, 2.75) is 13.3 Å². The van der Waals surface area contributed by atoms with Gasteiger partial charge >= 0.3 is 0 Å². The Morgan fingerprint density at radius 1 is 1.31 bits per heavy atom. The SMILES string of the molecule is C/C(=C\C1=NC=CC1)C(=O)c1ccccc1. The summed E-state index contributed by atoms with van der Waals surface area (Å²) >= 11 is 0. The summed E-state index contributed by atoms with van der Waals surface area (Å²) in [6.07, 6.45) is 6.42. The zero-order valence-corrected chi connectivity index (χ0v) is 9.18. The van der Waals surface area contributed by atoms with Crippen LogP contribution in [0, 0.1) is 0 Å². The van der Waals surface area contributed by atoms with Gasteiger partial charge in [-0.1, -0.05) is 36.4 Å². The molecule has 0 bridgehead atoms. The van der Waals surface area contributed by atoms with E-state index >= 15 is 0 Å². The van der Waals surface area contributed by atoms with Crippen LogP contribution in [0.1, 0.15) is 23.7 Å². The van der Waals surface area contributed by atoms with Crippen LogP contribution in [-0.2, 0) is 0 Å². The summed E-state index contributed by atoms with van der Waals surface area (Å²) < 4.78 is 0. The molecule has 2 heteroatoms. The molecular formula is C14H13NO. The molecule has 80 valence electrons. The second kappa shape index (κ2) is 4.71. The summed E-state index contributed by atoms with van der Waals surface area (Å²) in [4.78, 5) is 16.1. The van der Waals surface area contributed by atoms with E-state index in [4.69, 9.17) is 0 Å². The maximum atomic E-state index is 12.0. The number of rotatable bonds is 3. The van der Waals surface area contributed by atoms with Crippen molar-refractivity contribution in [3.8, 4) is 0 Å². The summed E-state index contributed by atoms with van der Waals surface area (Å²) in [7, 11) is 0. The summed E-state index contributed by atoms with van der Waals surface area (Å²) in [5, 5.41) is 0. The number of benzene rings is 1. The molecule has 0 radical (unpaired) electrons. The second-order valence-electron chi connectivity index (χ2n) is 3.73. The van der Waals surface area contributed by atoms with E-state index in [0.29, 0.717) is 0 Å². The van der Waals surface area contributed by atoms with Gasteiger partial charge in [-0.15, -0.1) is 0 Å². The molecule has 2 nitrogen and oxygen atoms in total. The molecule has 0 saturated heterocycles. The maximum Gasteiger partial charge on any atom is 0.188 e. The molecule has 1 heterocycles. The minimum atomic E-state index is 0.0650. The third kappa shape index (κ3) is 2.34. The molecule has 0 N–H and O–H groups in total. The van der Waals surface area contributed by atoms with Crippen molar-refractivity contribution < 1.29 is 4.79 Å². The predicted molar refractivity (Wildman–Crippen MR) is 65.7 cm³/mol. The lowest BCUT2D eigenvalue weighted by Gasteiger charge is -2.00. The zero-order valence-electron chi connectivity index (χ0n) is 9.18. The predicted octanol–water partition coefficient (Wildman–Crippen LogP) is 3.17. The number of allylic oxidation sites excluding steroid dienone is 3. The van der Waals surface area contributed by atoms with E-state index in [0.717, 1.165) is 23.3 Å². The molecule has 0 spiro atoms. The third-order valence-corrected chi connectivity index (χ3v) is 2.45. The summed E-state index contributed by atoms with van der Waals surface area (Å²) in [6, 6.07) is 9.30. The first-order chi connectivity index (χ1) is 7.77. The van der Waals surface area contributed by atoms with Gasteiger partial charge in [0.05, 0.1) is 0 Å². The van der Waals surface area contributed by atoms with Crippen LogP contribution in [0.5, 0.6) is 0 Å². The van der Waals surface area contributed by atoms with Gasteiger partial charge in [0.15, 0.2) is 5.78 Å². The lowest BCUT2D eigenvalue weighted by Crippen LogP contribution is -2.02. The highest BCUT2D eigenvalue weighted by molar-refractivity contribution is 6.12. The van der Waals surface area contributed by atoms with Gasteiger partial charge in [0.25, 0.3) is 0 Å². The van der Waals surface area contributed by atoms with Crippen molar-refractivity contribution in [1.29, 1.82) is 0 Å². The summed E-state index contributed by atoms with van der Waals surface area (Å²) in [5.41, 5.74) is 2.40. The average molecular weight is 211 g/mol. The normalized spacial score (nSPS) is 15.1. The Morgan fingerprint density at radius 2 is 2.06 bits per heavy atom. The molecule has 0 aromatic heterocycles. The van der Waals surface area contributed by atoms with Crippen molar-refractivity contribution in [3.05, 3.63) is 59.8 Å². The lowest BCUT2D eigenvalue weighted by atomic mass is 10.0. The Bertz CT molecular complexity index is 481. The molecule has 1 aromatic carbocycles. The molecule has 0 saturated carbocycles. The van der Waals surface area contributed by atoms with Crippen LogP contribution in [0.4, 0.5) is 0 Å². The van der Waals surface area contributed by atoms with E-state index in [9.17, 15) is 4.79 Å². The fourth-order valence-corrected chi connectivity index (χ4v) is 1.60. The van der Waals surface area contributed by atoms with E-state index in [1.807, 2.05) is 49.4 Å². The Hall–Kier alpha value is -1.96. The fraction of sp³-hybridized carbons (Fsp3) is 0.143. The van der Waals surface area contributed by atoms with Crippen LogP contribution in [0.15, 0.2) is 59.2 Å². The van der Waals surface area contributed by atoms with E-state index in [2.05, 4.69) is 4.99 Å². The van der Waals surface area contributed by atoms with Gasteiger partial charge < -0.3 is 0 Å². The zero-order chi connectivity index (χ0) is 11.4. The van der Waals surface area contributed by atoms with Crippen molar-refractivity contribution in [1.82, 2.24) is 0 Å². The highest BCUT2D eigenvalue weighted by Gasteiger charge is 2.08. The number of nitrogens with zero attached hydrogens (tertiary/aromatic N) is 1. The first kappa shape index (κ1) is 10.6. The first-order valence-electron chi connectivity index (χ1n) is 5.27. The number of ketones is 1. The van der Waals surface area contributed by atoms with Crippen LogP contribution in [-0.4, -0.2) is 11.5 Å². The van der Waals surface area contributed by atoms with Gasteiger partial charge in [-0.2, -0.15) is 0 Å². The Kier molecular flexibility index (Phi) is 3.10. The highest BCUT2D eigenvalue weighted by Crippen LogP contribution is 2.10. The monoisotopic (exact) mass is 211 g/mol. The molecule has 2 rings (SSSR count). The van der Waals surface area contributed by atoms with E-state index in [-0.39, 0.29) is 5.78 Å². The van der Waals surface area contributed by atoms with Crippen LogP contribution in [0.25, 0.3) is 0 Å². The Labute approximate surface area is 95.0 Å². The van der Waals surface area contributed by atoms with Gasteiger partial charge in [-0.25, -0.2) is 0 Å². The molecule has 0 fully saturated rings. The Morgan fingerprint density at radius 3 is 2.69 bits per heavy atom. The number of Topliss-reactive ketones (excluding diaryl/α,β-unsaturated/α-hetero) is 1. The molecule has 0 unspecified atom stereocenters. The van der Waals surface area contributed by atoms with Crippen LogP contribution in [0.2, 0.25) is 0 Å². The Balaban J connectivity index is 2.16. The number of hydrogen-bond donors (Lipinski definition) is 0. The summed E-state index contributed by atoms with van der Waals surface area (Å²) in [5.74, 6) is 0.0650. The smallest absolute Gasteiger partial charge is 0.188 e. The van der Waals surface area contributed by atoms with E-state index in [1.54, 1.807) is 6.20 Å². The van der Waals surface area contributed by atoms with Gasteiger partial charge in [0.2, 0.25) is 0 Å². The summed E-state index contributed by atoms with van der Waals surface area (Å²) in [6.45, 7) is 1.83. The average Bonchev–Trinajstić information content (AvgIpc) is 2.82. The number of carbonyl (C=O) groups is 1. The molecule has 0 aliphatic carbocycles. The standard InChI is InChI=1S/C14H13NO/c1-11(10-13-8-5-9-15-13)14(16)12-6-3-2-4-7-12/h2-7,9-10H,8H2,1H3/b11-10+. The topological polar surface area (TPSA) is 29.4 Å². The minimum Gasteiger partial charge on any atom is -0.289 e. The van der Waals surface area contributed by atoms with Crippen LogP contribution >= 0.6 is 0 Å². The van der Waals surface area contributed by atoms with Gasteiger partial charge in [0, 0.05) is 23.9 Å². The first-order valence-corrected chi connectivity index (χ1v) is 5.27. The van der Waals surface area contributed by atoms with Crippen molar-refractivity contribution in [3.63, 3.8) is 0 Å². The minimum absolute atomic E-state index is 0.0650. The third-order valence-electron chi connectivity index (χ3n) is 2.45. The van der Waals surface area contributed by atoms with Crippen molar-refractivity contribution >= 4 is 11.5 Å².